The van der Waals surface area contributed by atoms with Gasteiger partial charge in [-0.15, -0.1) is 0 Å². The van der Waals surface area contributed by atoms with E-state index in [2.05, 4.69) is 17.1 Å². The summed E-state index contributed by atoms with van der Waals surface area (Å²) in [5.41, 5.74) is 11.2. The smallest absolute Gasteiger partial charge is 0.199 e. The highest BCUT2D eigenvalue weighted by Crippen LogP contribution is 2.47. The number of anilines is 1. The van der Waals surface area contributed by atoms with Gasteiger partial charge in [0.25, 0.3) is 0 Å². The molecule has 27 heavy (non-hydrogen) atoms. The Morgan fingerprint density at radius 1 is 1.15 bits per heavy atom. The molecule has 3 N–H and O–H groups in total. The van der Waals surface area contributed by atoms with E-state index < -0.39 is 0 Å². The quantitative estimate of drug-likeness (QED) is 0.662. The molecule has 0 spiro atoms. The second-order valence-corrected chi connectivity index (χ2v) is 7.38. The summed E-state index contributed by atoms with van der Waals surface area (Å²) < 4.78 is 11.7. The van der Waals surface area contributed by atoms with Crippen LogP contribution in [0.3, 0.4) is 0 Å². The Bertz CT molecular complexity index is 1040. The molecule has 5 nitrogen and oxygen atoms in total. The molecule has 1 aromatic heterocycles. The van der Waals surface area contributed by atoms with Crippen molar-refractivity contribution in [1.82, 2.24) is 4.98 Å². The summed E-state index contributed by atoms with van der Waals surface area (Å²) in [5, 5.41) is 10.9. The summed E-state index contributed by atoms with van der Waals surface area (Å²) in [4.78, 5) is 3.46. The third kappa shape index (κ3) is 2.92. The van der Waals surface area contributed by atoms with Crippen molar-refractivity contribution in [2.75, 3.05) is 12.3 Å². The van der Waals surface area contributed by atoms with Crippen molar-refractivity contribution < 1.29 is 9.47 Å². The first-order chi connectivity index (χ1) is 13.2. The molecule has 2 heterocycles. The second-order valence-electron chi connectivity index (χ2n) is 7.38. The number of ether oxygens (including phenoxy) is 2. The van der Waals surface area contributed by atoms with Gasteiger partial charge in [-0.25, -0.2) is 0 Å². The van der Waals surface area contributed by atoms with Crippen LogP contribution in [0.2, 0.25) is 0 Å². The third-order valence-electron chi connectivity index (χ3n) is 5.39. The lowest BCUT2D eigenvalue weighted by Crippen LogP contribution is -2.14. The predicted molar refractivity (Wildman–Crippen MR) is 104 cm³/mol. The van der Waals surface area contributed by atoms with Crippen LogP contribution in [0.5, 0.6) is 5.75 Å². The molecular formula is C22H21N3O2. The molecule has 1 aliphatic carbocycles. The van der Waals surface area contributed by atoms with Gasteiger partial charge in [0.2, 0.25) is 0 Å². The molecule has 2 fully saturated rings. The maximum Gasteiger partial charge on any atom is 0.199 e. The zero-order valence-corrected chi connectivity index (χ0v) is 15.0. The number of nitrogens with zero attached hydrogens (tertiary/aromatic N) is 1. The molecule has 1 unspecified atom stereocenters. The number of H-pyrrole nitrogens is 1. The highest BCUT2D eigenvalue weighted by atomic mass is 16.7. The topological polar surface area (TPSA) is 84.1 Å². The number of rotatable bonds is 4. The van der Waals surface area contributed by atoms with E-state index in [0.29, 0.717) is 17.2 Å². The minimum atomic E-state index is -0.170. The van der Waals surface area contributed by atoms with Gasteiger partial charge in [-0.2, -0.15) is 5.26 Å². The van der Waals surface area contributed by atoms with E-state index in [-0.39, 0.29) is 6.29 Å². The molecule has 5 rings (SSSR count). The van der Waals surface area contributed by atoms with Gasteiger partial charge in [0, 0.05) is 23.6 Å². The molecule has 3 aromatic rings. The van der Waals surface area contributed by atoms with Gasteiger partial charge in [-0.05, 0) is 54.5 Å². The molecule has 5 heteroatoms. The molecule has 1 saturated heterocycles. The van der Waals surface area contributed by atoms with Crippen molar-refractivity contribution in [3.05, 3.63) is 47.5 Å². The van der Waals surface area contributed by atoms with E-state index in [1.54, 1.807) is 0 Å². The van der Waals surface area contributed by atoms with Gasteiger partial charge in [-0.1, -0.05) is 12.1 Å². The molecular weight excluding hydrogens is 338 g/mol. The van der Waals surface area contributed by atoms with Crippen molar-refractivity contribution in [3.8, 4) is 23.1 Å². The van der Waals surface area contributed by atoms with Crippen LogP contribution in [-0.2, 0) is 4.74 Å². The van der Waals surface area contributed by atoms with Gasteiger partial charge in [-0.3, -0.25) is 0 Å². The average Bonchev–Trinajstić information content (AvgIpc) is 3.27. The third-order valence-corrected chi connectivity index (χ3v) is 5.39. The molecule has 2 aliphatic rings. The van der Waals surface area contributed by atoms with Crippen molar-refractivity contribution in [3.63, 3.8) is 0 Å². The zero-order valence-electron chi connectivity index (χ0n) is 15.0. The fourth-order valence-electron chi connectivity index (χ4n) is 3.89. The number of benzene rings is 2. The van der Waals surface area contributed by atoms with Crippen molar-refractivity contribution in [2.45, 2.75) is 37.9 Å². The first-order valence-electron chi connectivity index (χ1n) is 9.47. The summed E-state index contributed by atoms with van der Waals surface area (Å²) >= 11 is 0. The van der Waals surface area contributed by atoms with Crippen molar-refractivity contribution in [2.24, 2.45) is 0 Å². The van der Waals surface area contributed by atoms with E-state index in [9.17, 15) is 5.26 Å². The first-order valence-corrected chi connectivity index (χ1v) is 9.47. The summed E-state index contributed by atoms with van der Waals surface area (Å²) in [5.74, 6) is 1.31. The van der Waals surface area contributed by atoms with E-state index in [4.69, 9.17) is 15.2 Å². The number of nitrogen functional groups attached to an aromatic ring is 1. The second kappa shape index (κ2) is 6.33. The van der Waals surface area contributed by atoms with E-state index in [1.807, 2.05) is 30.3 Å². The Hall–Kier alpha value is -2.97. The number of hydrogen-bond donors (Lipinski definition) is 2. The fourth-order valence-corrected chi connectivity index (χ4v) is 3.89. The number of aromatic amines is 1. The molecule has 1 atom stereocenters. The van der Waals surface area contributed by atoms with Gasteiger partial charge in [0.15, 0.2) is 6.29 Å². The fraction of sp³-hybridized carbons (Fsp3) is 0.318. The predicted octanol–water partition coefficient (Wildman–Crippen LogP) is 4.68. The minimum Gasteiger partial charge on any atom is -0.465 e. The van der Waals surface area contributed by atoms with Crippen LogP contribution in [0.4, 0.5) is 5.69 Å². The summed E-state index contributed by atoms with van der Waals surface area (Å²) in [6.07, 6.45) is 4.10. The Morgan fingerprint density at radius 3 is 2.63 bits per heavy atom. The maximum atomic E-state index is 9.90. The van der Waals surface area contributed by atoms with Gasteiger partial charge >= 0.3 is 0 Å². The molecule has 1 aliphatic heterocycles. The van der Waals surface area contributed by atoms with Crippen LogP contribution in [0.15, 0.2) is 36.4 Å². The van der Waals surface area contributed by atoms with Crippen LogP contribution in [0.1, 0.15) is 42.7 Å². The highest BCUT2D eigenvalue weighted by Gasteiger charge is 2.29. The van der Waals surface area contributed by atoms with Crippen LogP contribution in [0, 0.1) is 11.3 Å². The van der Waals surface area contributed by atoms with Gasteiger partial charge in [0.1, 0.15) is 11.8 Å². The van der Waals surface area contributed by atoms with E-state index >= 15 is 0 Å². The van der Waals surface area contributed by atoms with E-state index in [0.717, 1.165) is 60.2 Å². The summed E-state index contributed by atoms with van der Waals surface area (Å²) in [6.45, 7) is 0.755. The largest absolute Gasteiger partial charge is 0.465 e. The lowest BCUT2D eigenvalue weighted by Gasteiger charge is -2.14. The Morgan fingerprint density at radius 2 is 1.96 bits per heavy atom. The van der Waals surface area contributed by atoms with Crippen LogP contribution in [0.25, 0.3) is 22.2 Å². The molecule has 2 aromatic carbocycles. The van der Waals surface area contributed by atoms with Crippen LogP contribution in [-0.4, -0.2) is 17.9 Å². The minimum absolute atomic E-state index is 0.170. The lowest BCUT2D eigenvalue weighted by atomic mass is 9.99. The molecule has 136 valence electrons. The van der Waals surface area contributed by atoms with Gasteiger partial charge in [0.05, 0.1) is 23.4 Å². The SMILES string of the molecule is N#Cc1c(-c2ccc(N)cc2)[nH]c2cc(OC3CCCO3)cc(C3CC3)c12. The number of nitrogens with two attached hydrogens (primary N) is 1. The zero-order chi connectivity index (χ0) is 18.4. The molecule has 0 amide bonds. The number of hydrogen-bond acceptors (Lipinski definition) is 4. The normalized spacial score (nSPS) is 19.3. The maximum absolute atomic E-state index is 9.90. The first kappa shape index (κ1) is 16.2. The lowest BCUT2D eigenvalue weighted by molar-refractivity contribution is -0.0390. The number of fused-ring (bicyclic) bond motifs is 1. The Labute approximate surface area is 157 Å². The average molecular weight is 359 g/mol. The number of nitriles is 1. The number of nitrogens with one attached hydrogen (secondary N) is 1. The van der Waals surface area contributed by atoms with Crippen LogP contribution < -0.4 is 10.5 Å². The standard InChI is InChI=1S/C22H21N3O2/c23-12-18-21-17(13-3-4-13)10-16(27-20-2-1-9-26-20)11-19(21)25-22(18)14-5-7-15(24)8-6-14/h5-8,10-11,13,20,25H,1-4,9,24H2. The van der Waals surface area contributed by atoms with Crippen molar-refractivity contribution >= 4 is 16.6 Å². The van der Waals surface area contributed by atoms with Crippen LogP contribution >= 0.6 is 0 Å². The summed E-state index contributed by atoms with van der Waals surface area (Å²) in [6, 6.07) is 14.1. The molecule has 0 bridgehead atoms. The Balaban J connectivity index is 1.66. The number of aromatic nitrogens is 1. The van der Waals surface area contributed by atoms with E-state index in [1.165, 1.54) is 5.56 Å². The Kier molecular flexibility index (Phi) is 3.80. The monoisotopic (exact) mass is 359 g/mol. The van der Waals surface area contributed by atoms with Crippen molar-refractivity contribution in [1.29, 1.82) is 5.26 Å². The summed E-state index contributed by atoms with van der Waals surface area (Å²) in [7, 11) is 0. The molecule has 1 saturated carbocycles. The molecule has 0 radical (unpaired) electrons. The highest BCUT2D eigenvalue weighted by molar-refractivity contribution is 5.97. The van der Waals surface area contributed by atoms with Gasteiger partial charge < -0.3 is 20.2 Å².